The second-order valence-electron chi connectivity index (χ2n) is 2.86. The minimum absolute atomic E-state index is 0.0176. The standard InChI is InChI=1S/C8H16N2O4/c9-4-1-2-7(12)10-6(3-5-11)8(13)14/h6,11H,1-5,9H2,(H,10,12)(H,13,14). The summed E-state index contributed by atoms with van der Waals surface area (Å²) in [6.45, 7) is 0.124. The van der Waals surface area contributed by atoms with Crippen LogP contribution in [0.15, 0.2) is 0 Å². The molecule has 0 fully saturated rings. The number of carboxylic acid groups (broad SMARTS) is 1. The lowest BCUT2D eigenvalue weighted by Gasteiger charge is -2.12. The van der Waals surface area contributed by atoms with Crippen LogP contribution >= 0.6 is 0 Å². The molecule has 0 heterocycles. The number of amides is 1. The van der Waals surface area contributed by atoms with Crippen LogP contribution in [0.4, 0.5) is 0 Å². The summed E-state index contributed by atoms with van der Waals surface area (Å²) in [6, 6.07) is -1.01. The Morgan fingerprint density at radius 1 is 1.43 bits per heavy atom. The maximum Gasteiger partial charge on any atom is 0.326 e. The van der Waals surface area contributed by atoms with Gasteiger partial charge in [-0.1, -0.05) is 0 Å². The Bertz CT molecular complexity index is 196. The van der Waals surface area contributed by atoms with Crippen molar-refractivity contribution in [3.05, 3.63) is 0 Å². The number of nitrogens with two attached hydrogens (primary N) is 1. The summed E-state index contributed by atoms with van der Waals surface area (Å²) in [5.41, 5.74) is 5.19. The van der Waals surface area contributed by atoms with E-state index in [4.69, 9.17) is 15.9 Å². The molecule has 0 radical (unpaired) electrons. The van der Waals surface area contributed by atoms with Gasteiger partial charge in [-0.3, -0.25) is 4.79 Å². The van der Waals surface area contributed by atoms with Crippen molar-refractivity contribution in [1.29, 1.82) is 0 Å². The molecule has 0 aromatic rings. The average Bonchev–Trinajstić information content (AvgIpc) is 2.14. The number of carbonyl (C=O) groups is 2. The van der Waals surface area contributed by atoms with Crippen LogP contribution < -0.4 is 11.1 Å². The first-order valence-electron chi connectivity index (χ1n) is 4.45. The third-order valence-electron chi connectivity index (χ3n) is 1.66. The molecule has 0 saturated carbocycles. The Morgan fingerprint density at radius 2 is 2.07 bits per heavy atom. The summed E-state index contributed by atoms with van der Waals surface area (Å²) < 4.78 is 0. The van der Waals surface area contributed by atoms with E-state index in [-0.39, 0.29) is 25.4 Å². The molecule has 0 bridgehead atoms. The molecule has 0 aromatic carbocycles. The van der Waals surface area contributed by atoms with E-state index in [2.05, 4.69) is 5.32 Å². The normalized spacial score (nSPS) is 12.1. The van der Waals surface area contributed by atoms with Gasteiger partial charge >= 0.3 is 5.97 Å². The minimum Gasteiger partial charge on any atom is -0.480 e. The lowest BCUT2D eigenvalue weighted by molar-refractivity contribution is -0.142. The predicted octanol–water partition coefficient (Wildman–Crippen LogP) is -1.32. The van der Waals surface area contributed by atoms with Crippen LogP contribution in [0, 0.1) is 0 Å². The van der Waals surface area contributed by atoms with E-state index < -0.39 is 12.0 Å². The third-order valence-corrected chi connectivity index (χ3v) is 1.66. The van der Waals surface area contributed by atoms with Crippen LogP contribution in [-0.4, -0.2) is 41.3 Å². The van der Waals surface area contributed by atoms with Gasteiger partial charge in [-0.2, -0.15) is 0 Å². The van der Waals surface area contributed by atoms with Crippen molar-refractivity contribution in [3.63, 3.8) is 0 Å². The molecule has 0 aliphatic heterocycles. The molecule has 0 aromatic heterocycles. The summed E-state index contributed by atoms with van der Waals surface area (Å²) in [5, 5.41) is 19.5. The molecule has 1 amide bonds. The van der Waals surface area contributed by atoms with Crippen LogP contribution in [0.2, 0.25) is 0 Å². The number of aliphatic hydroxyl groups excluding tert-OH is 1. The monoisotopic (exact) mass is 204 g/mol. The van der Waals surface area contributed by atoms with Gasteiger partial charge in [-0.05, 0) is 13.0 Å². The predicted molar refractivity (Wildman–Crippen MR) is 49.6 cm³/mol. The molecule has 0 rings (SSSR count). The fourth-order valence-electron chi connectivity index (χ4n) is 0.916. The largest absolute Gasteiger partial charge is 0.480 e. The molecule has 0 saturated heterocycles. The Hall–Kier alpha value is -1.14. The van der Waals surface area contributed by atoms with Gasteiger partial charge in [0, 0.05) is 19.4 Å². The van der Waals surface area contributed by atoms with Gasteiger partial charge in [-0.25, -0.2) is 4.79 Å². The van der Waals surface area contributed by atoms with E-state index in [1.807, 2.05) is 0 Å². The van der Waals surface area contributed by atoms with E-state index in [9.17, 15) is 9.59 Å². The third kappa shape index (κ3) is 5.50. The highest BCUT2D eigenvalue weighted by atomic mass is 16.4. The molecule has 6 nitrogen and oxygen atoms in total. The van der Waals surface area contributed by atoms with Crippen molar-refractivity contribution in [3.8, 4) is 0 Å². The number of nitrogens with one attached hydrogen (secondary N) is 1. The van der Waals surface area contributed by atoms with Crippen LogP contribution in [0.1, 0.15) is 19.3 Å². The summed E-state index contributed by atoms with van der Waals surface area (Å²) in [5.74, 6) is -1.49. The number of aliphatic hydroxyl groups is 1. The van der Waals surface area contributed by atoms with Gasteiger partial charge in [0.05, 0.1) is 0 Å². The lowest BCUT2D eigenvalue weighted by atomic mass is 10.2. The van der Waals surface area contributed by atoms with E-state index in [1.54, 1.807) is 0 Å². The van der Waals surface area contributed by atoms with E-state index in [1.165, 1.54) is 0 Å². The number of aliphatic carboxylic acids is 1. The smallest absolute Gasteiger partial charge is 0.326 e. The first-order valence-corrected chi connectivity index (χ1v) is 4.45. The number of carboxylic acids is 1. The molecular formula is C8H16N2O4. The first kappa shape index (κ1) is 12.9. The van der Waals surface area contributed by atoms with Gasteiger partial charge in [0.25, 0.3) is 0 Å². The number of rotatable bonds is 7. The molecule has 0 spiro atoms. The SMILES string of the molecule is NCCCC(=O)NC(CCO)C(=O)O. The first-order chi connectivity index (χ1) is 6.61. The molecule has 1 atom stereocenters. The second kappa shape index (κ2) is 7.28. The van der Waals surface area contributed by atoms with Crippen molar-refractivity contribution < 1.29 is 19.8 Å². The Morgan fingerprint density at radius 3 is 2.50 bits per heavy atom. The highest BCUT2D eigenvalue weighted by Gasteiger charge is 2.18. The summed E-state index contributed by atoms with van der Waals surface area (Å²) in [6.07, 6.45) is 0.757. The molecule has 1 unspecified atom stereocenters. The van der Waals surface area contributed by atoms with Gasteiger partial charge in [0.15, 0.2) is 0 Å². The van der Waals surface area contributed by atoms with Crippen LogP contribution in [0.25, 0.3) is 0 Å². The lowest BCUT2D eigenvalue weighted by Crippen LogP contribution is -2.41. The Labute approximate surface area is 82.1 Å². The highest BCUT2D eigenvalue weighted by Crippen LogP contribution is 1.94. The van der Waals surface area contributed by atoms with Crippen LogP contribution in [0.5, 0.6) is 0 Å². The molecule has 82 valence electrons. The number of carbonyl (C=O) groups excluding carboxylic acids is 1. The van der Waals surface area contributed by atoms with Gasteiger partial charge < -0.3 is 21.3 Å². The molecule has 0 aliphatic carbocycles. The van der Waals surface area contributed by atoms with Gasteiger partial charge in [-0.15, -0.1) is 0 Å². The van der Waals surface area contributed by atoms with E-state index in [0.717, 1.165) is 0 Å². The molecule has 6 heteroatoms. The fraction of sp³-hybridized carbons (Fsp3) is 0.750. The zero-order valence-corrected chi connectivity index (χ0v) is 7.90. The van der Waals surface area contributed by atoms with Crippen LogP contribution in [0.3, 0.4) is 0 Å². The molecular weight excluding hydrogens is 188 g/mol. The quantitative estimate of drug-likeness (QED) is 0.410. The maximum absolute atomic E-state index is 11.1. The van der Waals surface area contributed by atoms with E-state index in [0.29, 0.717) is 13.0 Å². The highest BCUT2D eigenvalue weighted by molar-refractivity contribution is 5.83. The van der Waals surface area contributed by atoms with Gasteiger partial charge in [0.1, 0.15) is 6.04 Å². The van der Waals surface area contributed by atoms with Gasteiger partial charge in [0.2, 0.25) is 5.91 Å². The van der Waals surface area contributed by atoms with Crippen molar-refractivity contribution in [2.45, 2.75) is 25.3 Å². The molecule has 0 aliphatic rings. The van der Waals surface area contributed by atoms with Crippen molar-refractivity contribution >= 4 is 11.9 Å². The number of hydrogen-bond acceptors (Lipinski definition) is 4. The van der Waals surface area contributed by atoms with E-state index >= 15 is 0 Å². The molecule has 5 N–H and O–H groups in total. The topological polar surface area (TPSA) is 113 Å². The zero-order chi connectivity index (χ0) is 11.0. The Balaban J connectivity index is 3.90. The number of hydrogen-bond donors (Lipinski definition) is 4. The zero-order valence-electron chi connectivity index (χ0n) is 7.90. The average molecular weight is 204 g/mol. The summed E-state index contributed by atoms with van der Waals surface area (Å²) >= 11 is 0. The maximum atomic E-state index is 11.1. The molecule has 14 heavy (non-hydrogen) atoms. The van der Waals surface area contributed by atoms with Crippen molar-refractivity contribution in [1.82, 2.24) is 5.32 Å². The summed E-state index contributed by atoms with van der Waals surface area (Å²) in [7, 11) is 0. The Kier molecular flexibility index (Phi) is 6.69. The van der Waals surface area contributed by atoms with Crippen molar-refractivity contribution in [2.24, 2.45) is 5.73 Å². The fourth-order valence-corrected chi connectivity index (χ4v) is 0.916. The van der Waals surface area contributed by atoms with Crippen molar-refractivity contribution in [2.75, 3.05) is 13.2 Å². The second-order valence-corrected chi connectivity index (χ2v) is 2.86. The minimum atomic E-state index is -1.14. The summed E-state index contributed by atoms with van der Waals surface area (Å²) in [4.78, 5) is 21.6. The van der Waals surface area contributed by atoms with Crippen LogP contribution in [-0.2, 0) is 9.59 Å².